The van der Waals surface area contributed by atoms with Crippen molar-refractivity contribution in [1.82, 2.24) is 0 Å². The normalized spacial score (nSPS) is 24.8. The van der Waals surface area contributed by atoms with E-state index in [9.17, 15) is 0 Å². The number of hydrogen-bond acceptors (Lipinski definition) is 3. The molecule has 2 atom stereocenters. The van der Waals surface area contributed by atoms with E-state index < -0.39 is 0 Å². The number of ether oxygens (including phenoxy) is 1. The predicted octanol–water partition coefficient (Wildman–Crippen LogP) is 2.65. The first-order chi connectivity index (χ1) is 7.63. The van der Waals surface area contributed by atoms with Crippen LogP contribution in [0.4, 0.5) is 11.4 Å². The average Bonchev–Trinajstić information content (AvgIpc) is 2.58. The maximum atomic E-state index is 5.94. The first-order valence-corrected chi connectivity index (χ1v) is 5.85. The molecule has 0 saturated carbocycles. The maximum absolute atomic E-state index is 5.94. The van der Waals surface area contributed by atoms with Gasteiger partial charge in [0.05, 0.1) is 12.8 Å². The topological polar surface area (TPSA) is 38.5 Å². The molecule has 3 heteroatoms. The van der Waals surface area contributed by atoms with Crippen molar-refractivity contribution >= 4 is 11.4 Å². The van der Waals surface area contributed by atoms with Crippen molar-refractivity contribution in [3.63, 3.8) is 0 Å². The van der Waals surface area contributed by atoms with Crippen molar-refractivity contribution in [1.29, 1.82) is 0 Å². The van der Waals surface area contributed by atoms with Gasteiger partial charge in [-0.2, -0.15) is 0 Å². The number of methoxy groups -OCH3 is 1. The SMILES string of the molecule is COc1ccc(N2[C@@H](C)CC[C@@H]2C)cc1N. The summed E-state index contributed by atoms with van der Waals surface area (Å²) in [6.07, 6.45) is 2.51. The second kappa shape index (κ2) is 4.24. The average molecular weight is 220 g/mol. The molecule has 1 saturated heterocycles. The van der Waals surface area contributed by atoms with Gasteiger partial charge in [0.1, 0.15) is 5.75 Å². The largest absolute Gasteiger partial charge is 0.495 e. The fourth-order valence-electron chi connectivity index (χ4n) is 2.59. The highest BCUT2D eigenvalue weighted by Crippen LogP contribution is 2.33. The Labute approximate surface area is 97.2 Å². The van der Waals surface area contributed by atoms with Crippen LogP contribution in [-0.4, -0.2) is 19.2 Å². The summed E-state index contributed by atoms with van der Waals surface area (Å²) in [7, 11) is 1.65. The molecule has 0 aliphatic carbocycles. The van der Waals surface area contributed by atoms with Gasteiger partial charge in [-0.15, -0.1) is 0 Å². The van der Waals surface area contributed by atoms with Gasteiger partial charge < -0.3 is 15.4 Å². The Balaban J connectivity index is 2.30. The van der Waals surface area contributed by atoms with Crippen LogP contribution in [0.15, 0.2) is 18.2 Å². The highest BCUT2D eigenvalue weighted by atomic mass is 16.5. The Kier molecular flexibility index (Phi) is 2.95. The van der Waals surface area contributed by atoms with E-state index in [1.807, 2.05) is 12.1 Å². The summed E-state index contributed by atoms with van der Waals surface area (Å²) in [5.74, 6) is 0.753. The standard InChI is InChI=1S/C13H20N2O/c1-9-4-5-10(2)15(9)11-6-7-13(16-3)12(14)8-11/h6-10H,4-5,14H2,1-3H3/t9-,10-/m0/s1. The number of rotatable bonds is 2. The summed E-state index contributed by atoms with van der Waals surface area (Å²) in [6, 6.07) is 7.25. The molecule has 0 unspecified atom stereocenters. The summed E-state index contributed by atoms with van der Waals surface area (Å²) in [4.78, 5) is 2.44. The van der Waals surface area contributed by atoms with E-state index in [0.717, 1.165) is 5.75 Å². The van der Waals surface area contributed by atoms with E-state index in [1.54, 1.807) is 7.11 Å². The Morgan fingerprint density at radius 2 is 1.88 bits per heavy atom. The fourth-order valence-corrected chi connectivity index (χ4v) is 2.59. The second-order valence-corrected chi connectivity index (χ2v) is 4.61. The molecule has 0 aromatic heterocycles. The molecular weight excluding hydrogens is 200 g/mol. The number of benzene rings is 1. The first kappa shape index (κ1) is 11.1. The van der Waals surface area contributed by atoms with Crippen LogP contribution in [0.5, 0.6) is 5.75 Å². The first-order valence-electron chi connectivity index (χ1n) is 5.85. The van der Waals surface area contributed by atoms with E-state index in [2.05, 4.69) is 24.8 Å². The van der Waals surface area contributed by atoms with Crippen molar-refractivity contribution < 1.29 is 4.74 Å². The van der Waals surface area contributed by atoms with Crippen LogP contribution >= 0.6 is 0 Å². The fraction of sp³-hybridized carbons (Fsp3) is 0.538. The molecule has 0 bridgehead atoms. The quantitative estimate of drug-likeness (QED) is 0.779. The molecule has 1 fully saturated rings. The smallest absolute Gasteiger partial charge is 0.141 e. The zero-order valence-corrected chi connectivity index (χ0v) is 10.2. The molecule has 16 heavy (non-hydrogen) atoms. The molecule has 1 heterocycles. The number of nitrogens with two attached hydrogens (primary N) is 1. The summed E-state index contributed by atoms with van der Waals surface area (Å²) in [5.41, 5.74) is 7.86. The minimum absolute atomic E-state index is 0.600. The van der Waals surface area contributed by atoms with Gasteiger partial charge in [-0.25, -0.2) is 0 Å². The Hall–Kier alpha value is -1.38. The molecular formula is C13H20N2O. The van der Waals surface area contributed by atoms with E-state index in [-0.39, 0.29) is 0 Å². The number of anilines is 2. The molecule has 2 N–H and O–H groups in total. The minimum atomic E-state index is 0.600. The zero-order chi connectivity index (χ0) is 11.7. The van der Waals surface area contributed by atoms with Crippen LogP contribution in [0.1, 0.15) is 26.7 Å². The van der Waals surface area contributed by atoms with Crippen molar-refractivity contribution in [3.8, 4) is 5.75 Å². The van der Waals surface area contributed by atoms with Crippen LogP contribution in [0, 0.1) is 0 Å². The number of nitrogen functional groups attached to an aromatic ring is 1. The van der Waals surface area contributed by atoms with Crippen molar-refractivity contribution in [2.45, 2.75) is 38.8 Å². The van der Waals surface area contributed by atoms with E-state index in [1.165, 1.54) is 18.5 Å². The molecule has 1 aliphatic rings. The third-order valence-corrected chi connectivity index (χ3v) is 3.46. The molecule has 0 spiro atoms. The molecule has 1 aromatic carbocycles. The molecule has 3 nitrogen and oxygen atoms in total. The van der Waals surface area contributed by atoms with Gasteiger partial charge in [-0.3, -0.25) is 0 Å². The van der Waals surface area contributed by atoms with Crippen molar-refractivity contribution in [3.05, 3.63) is 18.2 Å². The third kappa shape index (κ3) is 1.82. The van der Waals surface area contributed by atoms with Gasteiger partial charge in [0.2, 0.25) is 0 Å². The van der Waals surface area contributed by atoms with E-state index in [0.29, 0.717) is 17.8 Å². The number of hydrogen-bond donors (Lipinski definition) is 1. The summed E-state index contributed by atoms with van der Waals surface area (Å²) in [5, 5.41) is 0. The van der Waals surface area contributed by atoms with Gasteiger partial charge in [0, 0.05) is 17.8 Å². The summed E-state index contributed by atoms with van der Waals surface area (Å²) in [6.45, 7) is 4.54. The minimum Gasteiger partial charge on any atom is -0.495 e. The van der Waals surface area contributed by atoms with Crippen molar-refractivity contribution in [2.75, 3.05) is 17.7 Å². The van der Waals surface area contributed by atoms with Crippen LogP contribution in [0.25, 0.3) is 0 Å². The van der Waals surface area contributed by atoms with Gasteiger partial charge >= 0.3 is 0 Å². The van der Waals surface area contributed by atoms with Gasteiger partial charge in [0.25, 0.3) is 0 Å². The van der Waals surface area contributed by atoms with Crippen LogP contribution in [0.2, 0.25) is 0 Å². The summed E-state index contributed by atoms with van der Waals surface area (Å²) >= 11 is 0. The molecule has 2 rings (SSSR count). The van der Waals surface area contributed by atoms with E-state index in [4.69, 9.17) is 10.5 Å². The van der Waals surface area contributed by atoms with Crippen LogP contribution < -0.4 is 15.4 Å². The Morgan fingerprint density at radius 1 is 1.25 bits per heavy atom. The lowest BCUT2D eigenvalue weighted by molar-refractivity contribution is 0.417. The molecule has 88 valence electrons. The van der Waals surface area contributed by atoms with Crippen LogP contribution in [0.3, 0.4) is 0 Å². The molecule has 1 aliphatic heterocycles. The lowest BCUT2D eigenvalue weighted by Gasteiger charge is -2.29. The molecule has 1 aromatic rings. The van der Waals surface area contributed by atoms with Crippen molar-refractivity contribution in [2.24, 2.45) is 0 Å². The summed E-state index contributed by atoms with van der Waals surface area (Å²) < 4.78 is 5.17. The zero-order valence-electron chi connectivity index (χ0n) is 10.2. The molecule has 0 radical (unpaired) electrons. The molecule has 0 amide bonds. The Morgan fingerprint density at radius 3 is 2.38 bits per heavy atom. The Bertz CT molecular complexity index is 368. The monoisotopic (exact) mass is 220 g/mol. The number of nitrogens with zero attached hydrogens (tertiary/aromatic N) is 1. The van der Waals surface area contributed by atoms with Gasteiger partial charge in [-0.1, -0.05) is 0 Å². The van der Waals surface area contributed by atoms with Gasteiger partial charge in [-0.05, 0) is 44.9 Å². The predicted molar refractivity (Wildman–Crippen MR) is 68.0 cm³/mol. The highest BCUT2D eigenvalue weighted by molar-refractivity contribution is 5.64. The van der Waals surface area contributed by atoms with Gasteiger partial charge in [0.15, 0.2) is 0 Å². The lowest BCUT2D eigenvalue weighted by atomic mass is 10.2. The highest BCUT2D eigenvalue weighted by Gasteiger charge is 2.27. The second-order valence-electron chi connectivity index (χ2n) is 4.61. The lowest BCUT2D eigenvalue weighted by Crippen LogP contribution is -2.32. The van der Waals surface area contributed by atoms with Crippen LogP contribution in [-0.2, 0) is 0 Å². The maximum Gasteiger partial charge on any atom is 0.141 e. The third-order valence-electron chi connectivity index (χ3n) is 3.46. The van der Waals surface area contributed by atoms with E-state index >= 15 is 0 Å².